The Bertz CT molecular complexity index is 687. The third-order valence-corrected chi connectivity index (χ3v) is 2.74. The van der Waals surface area contributed by atoms with Gasteiger partial charge in [-0.1, -0.05) is 11.8 Å². The molecule has 0 spiro atoms. The van der Waals surface area contributed by atoms with E-state index in [1.54, 1.807) is 6.92 Å². The maximum atomic E-state index is 13.3. The van der Waals surface area contributed by atoms with Gasteiger partial charge in [0.2, 0.25) is 0 Å². The monoisotopic (exact) mass is 287 g/mol. The minimum atomic E-state index is -0.462. The number of amides is 1. The van der Waals surface area contributed by atoms with Crippen LogP contribution in [0.4, 0.5) is 4.39 Å². The first-order chi connectivity index (χ1) is 10.1. The summed E-state index contributed by atoms with van der Waals surface area (Å²) in [6.45, 7) is 1.89. The number of benzene rings is 1. The molecule has 0 saturated carbocycles. The number of aromatic nitrogens is 3. The highest BCUT2D eigenvalue weighted by atomic mass is 19.1. The largest absolute Gasteiger partial charge is 0.342 e. The molecule has 1 unspecified atom stereocenters. The van der Waals surface area contributed by atoms with Gasteiger partial charge in [-0.25, -0.2) is 9.37 Å². The predicted octanol–water partition coefficient (Wildman–Crippen LogP) is 0.745. The Morgan fingerprint density at radius 2 is 2.38 bits per heavy atom. The van der Waals surface area contributed by atoms with Crippen LogP contribution in [0.25, 0.3) is 0 Å². The summed E-state index contributed by atoms with van der Waals surface area (Å²) in [7, 11) is 0. The van der Waals surface area contributed by atoms with Crippen LogP contribution in [0.2, 0.25) is 0 Å². The fourth-order valence-corrected chi connectivity index (χ4v) is 1.73. The van der Waals surface area contributed by atoms with Gasteiger partial charge >= 0.3 is 0 Å². The van der Waals surface area contributed by atoms with Crippen molar-refractivity contribution in [2.45, 2.75) is 13.0 Å². The maximum absolute atomic E-state index is 13.3. The summed E-state index contributed by atoms with van der Waals surface area (Å²) < 4.78 is 13.3. The number of nitrogens with zero attached hydrogens (tertiary/aromatic N) is 2. The van der Waals surface area contributed by atoms with Gasteiger partial charge in [-0.05, 0) is 25.1 Å². The number of carbonyl (C=O) groups excluding carboxylic acids is 1. The van der Waals surface area contributed by atoms with Crippen LogP contribution in [0.1, 0.15) is 34.7 Å². The van der Waals surface area contributed by atoms with E-state index in [0.29, 0.717) is 11.4 Å². The highest BCUT2D eigenvalue weighted by Crippen LogP contribution is 2.13. The second kappa shape index (κ2) is 6.63. The molecule has 0 radical (unpaired) electrons. The second-order valence-corrected chi connectivity index (χ2v) is 4.26. The highest BCUT2D eigenvalue weighted by Gasteiger charge is 2.16. The van der Waals surface area contributed by atoms with Crippen LogP contribution >= 0.6 is 0 Å². The van der Waals surface area contributed by atoms with Crippen LogP contribution in [0.5, 0.6) is 0 Å². The van der Waals surface area contributed by atoms with E-state index in [9.17, 15) is 9.18 Å². The van der Waals surface area contributed by atoms with Crippen molar-refractivity contribution in [3.05, 3.63) is 47.3 Å². The van der Waals surface area contributed by atoms with Crippen LogP contribution in [0.3, 0.4) is 0 Å². The van der Waals surface area contributed by atoms with Gasteiger partial charge < -0.3 is 11.1 Å². The predicted molar refractivity (Wildman–Crippen MR) is 74.6 cm³/mol. The molecule has 108 valence electrons. The lowest BCUT2D eigenvalue weighted by Crippen LogP contribution is -2.28. The van der Waals surface area contributed by atoms with E-state index < -0.39 is 5.82 Å². The summed E-state index contributed by atoms with van der Waals surface area (Å²) >= 11 is 0. The molecule has 1 atom stereocenters. The average Bonchev–Trinajstić information content (AvgIpc) is 2.99. The Hall–Kier alpha value is -2.72. The second-order valence-electron chi connectivity index (χ2n) is 4.26. The minimum absolute atomic E-state index is 0.131. The van der Waals surface area contributed by atoms with E-state index >= 15 is 0 Å². The van der Waals surface area contributed by atoms with Crippen molar-refractivity contribution in [3.8, 4) is 11.8 Å². The smallest absolute Gasteiger partial charge is 0.253 e. The van der Waals surface area contributed by atoms with Crippen molar-refractivity contribution < 1.29 is 9.18 Å². The summed E-state index contributed by atoms with van der Waals surface area (Å²) in [6, 6.07) is 3.44. The topological polar surface area (TPSA) is 96.7 Å². The molecule has 1 amide bonds. The highest BCUT2D eigenvalue weighted by molar-refractivity contribution is 5.96. The zero-order valence-electron chi connectivity index (χ0n) is 11.4. The summed E-state index contributed by atoms with van der Waals surface area (Å²) in [5, 5.41) is 9.13. The summed E-state index contributed by atoms with van der Waals surface area (Å²) in [4.78, 5) is 16.2. The van der Waals surface area contributed by atoms with Gasteiger partial charge in [-0.3, -0.25) is 9.89 Å². The minimum Gasteiger partial charge on any atom is -0.342 e. The number of aromatic amines is 1. The third kappa shape index (κ3) is 3.64. The first-order valence-corrected chi connectivity index (χ1v) is 6.26. The quantitative estimate of drug-likeness (QED) is 0.726. The Labute approximate surface area is 121 Å². The standard InChI is InChI=1S/C14H14FN5O/c1-9(13-17-8-18-20-13)19-14(21)12-5-4-11(15)7-10(12)3-2-6-16/h4-5,7-9H,6,16H2,1H3,(H,19,21)(H,17,18,20). The maximum Gasteiger partial charge on any atom is 0.253 e. The van der Waals surface area contributed by atoms with Crippen molar-refractivity contribution >= 4 is 5.91 Å². The normalized spacial score (nSPS) is 11.4. The fraction of sp³-hybridized carbons (Fsp3) is 0.214. The zero-order chi connectivity index (χ0) is 15.2. The van der Waals surface area contributed by atoms with E-state index in [1.807, 2.05) is 0 Å². The number of H-pyrrole nitrogens is 1. The lowest BCUT2D eigenvalue weighted by Gasteiger charge is -2.12. The van der Waals surface area contributed by atoms with Gasteiger partial charge in [-0.15, -0.1) is 0 Å². The Balaban J connectivity index is 2.22. The molecule has 6 nitrogen and oxygen atoms in total. The number of rotatable bonds is 3. The van der Waals surface area contributed by atoms with Gasteiger partial charge in [0.25, 0.3) is 5.91 Å². The van der Waals surface area contributed by atoms with Crippen molar-refractivity contribution in [1.29, 1.82) is 0 Å². The molecule has 2 rings (SSSR count). The molecule has 7 heteroatoms. The van der Waals surface area contributed by atoms with Crippen LogP contribution in [-0.2, 0) is 0 Å². The SMILES string of the molecule is CC(NC(=O)c1ccc(F)cc1C#CCN)c1ncn[nH]1. The molecule has 0 saturated heterocycles. The molecule has 0 aliphatic rings. The van der Waals surface area contributed by atoms with Crippen LogP contribution in [0.15, 0.2) is 24.5 Å². The molecule has 0 aliphatic carbocycles. The molecule has 21 heavy (non-hydrogen) atoms. The zero-order valence-corrected chi connectivity index (χ0v) is 11.4. The Morgan fingerprint density at radius 1 is 1.57 bits per heavy atom. The van der Waals surface area contributed by atoms with Gasteiger partial charge in [-0.2, -0.15) is 5.10 Å². The van der Waals surface area contributed by atoms with Crippen LogP contribution in [-0.4, -0.2) is 27.6 Å². The van der Waals surface area contributed by atoms with E-state index in [1.165, 1.54) is 24.5 Å². The average molecular weight is 287 g/mol. The lowest BCUT2D eigenvalue weighted by atomic mass is 10.1. The van der Waals surface area contributed by atoms with Crippen molar-refractivity contribution in [1.82, 2.24) is 20.5 Å². The van der Waals surface area contributed by atoms with E-state index in [-0.39, 0.29) is 24.1 Å². The van der Waals surface area contributed by atoms with Crippen LogP contribution in [0, 0.1) is 17.7 Å². The number of hydrogen-bond acceptors (Lipinski definition) is 4. The molecule has 1 aromatic carbocycles. The molecule has 0 aliphatic heterocycles. The molecule has 2 aromatic rings. The lowest BCUT2D eigenvalue weighted by molar-refractivity contribution is 0.0938. The number of nitrogens with one attached hydrogen (secondary N) is 2. The summed E-state index contributed by atoms with van der Waals surface area (Å²) in [6.07, 6.45) is 1.36. The van der Waals surface area contributed by atoms with Crippen molar-refractivity contribution in [2.24, 2.45) is 5.73 Å². The Morgan fingerprint density at radius 3 is 3.05 bits per heavy atom. The summed E-state index contributed by atoms with van der Waals surface area (Å²) in [5.41, 5.74) is 5.87. The molecular formula is C14H14FN5O. The van der Waals surface area contributed by atoms with Gasteiger partial charge in [0, 0.05) is 5.56 Å². The van der Waals surface area contributed by atoms with Crippen molar-refractivity contribution in [3.63, 3.8) is 0 Å². The number of halogens is 1. The van der Waals surface area contributed by atoms with Gasteiger partial charge in [0.05, 0.1) is 18.2 Å². The molecule has 4 N–H and O–H groups in total. The molecule has 0 bridgehead atoms. The Kier molecular flexibility index (Phi) is 4.64. The molecular weight excluding hydrogens is 273 g/mol. The molecule has 0 fully saturated rings. The third-order valence-electron chi connectivity index (χ3n) is 2.74. The number of hydrogen-bond donors (Lipinski definition) is 3. The molecule has 1 heterocycles. The fourth-order valence-electron chi connectivity index (χ4n) is 1.73. The molecule has 1 aromatic heterocycles. The van der Waals surface area contributed by atoms with Gasteiger partial charge in [0.15, 0.2) is 0 Å². The summed E-state index contributed by atoms with van der Waals surface area (Å²) in [5.74, 6) is 4.99. The van der Waals surface area contributed by atoms with E-state index in [2.05, 4.69) is 32.3 Å². The van der Waals surface area contributed by atoms with Crippen LogP contribution < -0.4 is 11.1 Å². The number of nitrogens with two attached hydrogens (primary N) is 1. The number of carbonyl (C=O) groups is 1. The first-order valence-electron chi connectivity index (χ1n) is 6.26. The van der Waals surface area contributed by atoms with Crippen molar-refractivity contribution in [2.75, 3.05) is 6.54 Å². The van der Waals surface area contributed by atoms with Gasteiger partial charge in [0.1, 0.15) is 18.0 Å². The first kappa shape index (κ1) is 14.7. The van der Waals surface area contributed by atoms with E-state index in [4.69, 9.17) is 5.73 Å². The van der Waals surface area contributed by atoms with E-state index in [0.717, 1.165) is 0 Å².